The molecule has 1 unspecified atom stereocenters. The van der Waals surface area contributed by atoms with E-state index < -0.39 is 5.97 Å². The van der Waals surface area contributed by atoms with Gasteiger partial charge in [-0.25, -0.2) is 9.78 Å². The van der Waals surface area contributed by atoms with Crippen molar-refractivity contribution in [1.82, 2.24) is 4.98 Å². The van der Waals surface area contributed by atoms with Gasteiger partial charge in [0.05, 0.1) is 12.2 Å². The van der Waals surface area contributed by atoms with Crippen LogP contribution in [0.2, 0.25) is 0 Å². The summed E-state index contributed by atoms with van der Waals surface area (Å²) >= 11 is 0. The van der Waals surface area contributed by atoms with Crippen molar-refractivity contribution in [1.29, 1.82) is 0 Å². The van der Waals surface area contributed by atoms with Crippen LogP contribution in [0.4, 0.5) is 11.5 Å². The third-order valence-corrected chi connectivity index (χ3v) is 4.15. The van der Waals surface area contributed by atoms with E-state index in [1.807, 2.05) is 31.2 Å². The molecule has 25 heavy (non-hydrogen) atoms. The van der Waals surface area contributed by atoms with Gasteiger partial charge in [0.2, 0.25) is 5.91 Å². The number of carbonyl (C=O) groups excluding carboxylic acids is 2. The molecular weight excluding hydrogens is 318 g/mol. The number of esters is 1. The molecule has 2 aromatic rings. The molecule has 0 saturated carbocycles. The first kappa shape index (κ1) is 17.0. The molecule has 6 heteroatoms. The molecule has 2 heterocycles. The van der Waals surface area contributed by atoms with Crippen molar-refractivity contribution in [3.05, 3.63) is 53.7 Å². The molecule has 0 bridgehead atoms. The number of hydrogen-bond donors (Lipinski definition) is 1. The molecule has 1 aliphatic heterocycles. The third-order valence-electron chi connectivity index (χ3n) is 4.15. The predicted octanol–water partition coefficient (Wildman–Crippen LogP) is 2.78. The molecule has 1 aliphatic rings. The highest BCUT2D eigenvalue weighted by Gasteiger charge is 2.32. The maximum Gasteiger partial charge on any atom is 0.339 e. The SMILES string of the molecule is CCOC(=O)c1ccc(NC2CCN(c3ccc(C)cc3)C2=O)nc1. The Bertz CT molecular complexity index is 756. The Morgan fingerprint density at radius 2 is 2.04 bits per heavy atom. The van der Waals surface area contributed by atoms with Crippen molar-refractivity contribution in [2.24, 2.45) is 0 Å². The van der Waals surface area contributed by atoms with Crippen LogP contribution in [0.5, 0.6) is 0 Å². The van der Waals surface area contributed by atoms with Crippen LogP contribution >= 0.6 is 0 Å². The molecule has 1 saturated heterocycles. The van der Waals surface area contributed by atoms with Crippen molar-refractivity contribution in [2.75, 3.05) is 23.4 Å². The molecule has 0 spiro atoms. The molecule has 6 nitrogen and oxygen atoms in total. The van der Waals surface area contributed by atoms with Crippen LogP contribution in [0.15, 0.2) is 42.6 Å². The van der Waals surface area contributed by atoms with E-state index in [9.17, 15) is 9.59 Å². The first-order valence-electron chi connectivity index (χ1n) is 8.36. The van der Waals surface area contributed by atoms with Gasteiger partial charge < -0.3 is 15.0 Å². The summed E-state index contributed by atoms with van der Waals surface area (Å²) < 4.78 is 4.93. The van der Waals surface area contributed by atoms with Gasteiger partial charge in [-0.1, -0.05) is 17.7 Å². The van der Waals surface area contributed by atoms with Gasteiger partial charge in [-0.15, -0.1) is 0 Å². The molecule has 1 N–H and O–H groups in total. The lowest BCUT2D eigenvalue weighted by atomic mass is 10.2. The Balaban J connectivity index is 1.65. The van der Waals surface area contributed by atoms with Crippen molar-refractivity contribution in [3.8, 4) is 0 Å². The number of pyridine rings is 1. The molecule has 1 fully saturated rings. The number of rotatable bonds is 5. The van der Waals surface area contributed by atoms with E-state index in [0.29, 0.717) is 31.0 Å². The van der Waals surface area contributed by atoms with Crippen LogP contribution in [-0.2, 0) is 9.53 Å². The van der Waals surface area contributed by atoms with Crippen LogP contribution in [0.1, 0.15) is 29.3 Å². The van der Waals surface area contributed by atoms with Crippen LogP contribution in [0, 0.1) is 6.92 Å². The fourth-order valence-electron chi connectivity index (χ4n) is 2.79. The topological polar surface area (TPSA) is 71.5 Å². The molecule has 3 rings (SSSR count). The van der Waals surface area contributed by atoms with Gasteiger partial charge in [0.1, 0.15) is 11.9 Å². The Hall–Kier alpha value is -2.89. The maximum absolute atomic E-state index is 12.6. The summed E-state index contributed by atoms with van der Waals surface area (Å²) in [6.07, 6.45) is 2.16. The number of amides is 1. The molecule has 1 atom stereocenters. The van der Waals surface area contributed by atoms with Gasteiger partial charge in [-0.05, 0) is 44.5 Å². The van der Waals surface area contributed by atoms with Crippen LogP contribution in [0.3, 0.4) is 0 Å². The van der Waals surface area contributed by atoms with Gasteiger partial charge in [0, 0.05) is 18.4 Å². The highest BCUT2D eigenvalue weighted by atomic mass is 16.5. The Morgan fingerprint density at radius 1 is 1.28 bits per heavy atom. The predicted molar refractivity (Wildman–Crippen MR) is 95.8 cm³/mol. The van der Waals surface area contributed by atoms with Gasteiger partial charge in [-0.3, -0.25) is 4.79 Å². The Kier molecular flexibility index (Phi) is 4.97. The lowest BCUT2D eigenvalue weighted by molar-refractivity contribution is -0.117. The summed E-state index contributed by atoms with van der Waals surface area (Å²) in [6.45, 7) is 4.77. The second-order valence-corrected chi connectivity index (χ2v) is 5.96. The number of hydrogen-bond acceptors (Lipinski definition) is 5. The average molecular weight is 339 g/mol. The van der Waals surface area contributed by atoms with Crippen LogP contribution in [0.25, 0.3) is 0 Å². The van der Waals surface area contributed by atoms with Crippen LogP contribution in [-0.4, -0.2) is 36.1 Å². The highest BCUT2D eigenvalue weighted by molar-refractivity contribution is 6.01. The van der Waals surface area contributed by atoms with E-state index in [1.165, 1.54) is 6.20 Å². The largest absolute Gasteiger partial charge is 0.462 e. The first-order chi connectivity index (χ1) is 12.1. The van der Waals surface area contributed by atoms with Crippen molar-refractivity contribution in [3.63, 3.8) is 0 Å². The fraction of sp³-hybridized carbons (Fsp3) is 0.316. The average Bonchev–Trinajstić information content (AvgIpc) is 2.97. The van der Waals surface area contributed by atoms with Gasteiger partial charge in [-0.2, -0.15) is 0 Å². The van der Waals surface area contributed by atoms with Gasteiger partial charge in [0.25, 0.3) is 0 Å². The lowest BCUT2D eigenvalue weighted by Crippen LogP contribution is -2.33. The molecular formula is C19H21N3O3. The molecule has 1 aromatic carbocycles. The van der Waals surface area contributed by atoms with Crippen molar-refractivity contribution >= 4 is 23.4 Å². The standard InChI is InChI=1S/C19H21N3O3/c1-3-25-19(24)14-6-9-17(20-12-14)21-16-10-11-22(18(16)23)15-7-4-13(2)5-8-15/h4-9,12,16H,3,10-11H2,1-2H3,(H,20,21). The van der Waals surface area contributed by atoms with E-state index in [-0.39, 0.29) is 11.9 Å². The highest BCUT2D eigenvalue weighted by Crippen LogP contribution is 2.23. The number of aromatic nitrogens is 1. The molecule has 1 aromatic heterocycles. The van der Waals surface area contributed by atoms with E-state index in [2.05, 4.69) is 10.3 Å². The summed E-state index contributed by atoms with van der Waals surface area (Å²) in [6, 6.07) is 10.9. The minimum absolute atomic E-state index is 0.0279. The minimum atomic E-state index is -0.399. The number of benzene rings is 1. The summed E-state index contributed by atoms with van der Waals surface area (Å²) in [5, 5.41) is 3.15. The minimum Gasteiger partial charge on any atom is -0.462 e. The monoisotopic (exact) mass is 339 g/mol. The van der Waals surface area contributed by atoms with E-state index in [4.69, 9.17) is 4.74 Å². The van der Waals surface area contributed by atoms with Crippen molar-refractivity contribution in [2.45, 2.75) is 26.3 Å². The molecule has 0 radical (unpaired) electrons. The number of nitrogens with zero attached hydrogens (tertiary/aromatic N) is 2. The van der Waals surface area contributed by atoms with Crippen LogP contribution < -0.4 is 10.2 Å². The quantitative estimate of drug-likeness (QED) is 0.848. The van der Waals surface area contributed by atoms with E-state index >= 15 is 0 Å². The number of ether oxygens (including phenoxy) is 1. The fourth-order valence-corrected chi connectivity index (χ4v) is 2.79. The smallest absolute Gasteiger partial charge is 0.339 e. The Morgan fingerprint density at radius 3 is 2.68 bits per heavy atom. The normalized spacial score (nSPS) is 16.8. The third kappa shape index (κ3) is 3.79. The second kappa shape index (κ2) is 7.34. The zero-order valence-electron chi connectivity index (χ0n) is 14.4. The maximum atomic E-state index is 12.6. The van der Waals surface area contributed by atoms with E-state index in [0.717, 1.165) is 11.3 Å². The molecule has 1 amide bonds. The first-order valence-corrected chi connectivity index (χ1v) is 8.36. The summed E-state index contributed by atoms with van der Waals surface area (Å²) in [4.78, 5) is 30.2. The second-order valence-electron chi connectivity index (χ2n) is 5.96. The van der Waals surface area contributed by atoms with Gasteiger partial charge >= 0.3 is 5.97 Å². The lowest BCUT2D eigenvalue weighted by Gasteiger charge is -2.17. The number of anilines is 2. The molecule has 0 aliphatic carbocycles. The van der Waals surface area contributed by atoms with Crippen molar-refractivity contribution < 1.29 is 14.3 Å². The summed E-state index contributed by atoms with van der Waals surface area (Å²) in [5.41, 5.74) is 2.47. The zero-order valence-corrected chi connectivity index (χ0v) is 14.4. The Labute approximate surface area is 146 Å². The number of carbonyl (C=O) groups is 2. The number of aryl methyl sites for hydroxylation is 1. The summed E-state index contributed by atoms with van der Waals surface area (Å²) in [5.74, 6) is 0.196. The van der Waals surface area contributed by atoms with E-state index in [1.54, 1.807) is 24.0 Å². The molecule has 130 valence electrons. The summed E-state index contributed by atoms with van der Waals surface area (Å²) in [7, 11) is 0. The van der Waals surface area contributed by atoms with Gasteiger partial charge in [0.15, 0.2) is 0 Å². The zero-order chi connectivity index (χ0) is 17.8. The number of nitrogens with one attached hydrogen (secondary N) is 1.